The Labute approximate surface area is 143 Å². The number of carbonyl (C=O) groups excluding carboxylic acids is 1. The number of hydrogen-bond acceptors (Lipinski definition) is 4. The van der Waals surface area contributed by atoms with Gasteiger partial charge in [-0.3, -0.25) is 4.79 Å². The molecule has 0 saturated carbocycles. The molecule has 0 fully saturated rings. The van der Waals surface area contributed by atoms with Crippen LogP contribution in [-0.4, -0.2) is 18.3 Å². The highest BCUT2D eigenvalue weighted by Crippen LogP contribution is 2.36. The standard InChI is InChI=1S/C17H15ClO2S2/c1-21-15(22-2)7-14(19)17-12-5-3-4-10-8-20-9-11(16(10)12)6-13(17)18/h3-7H,8-9H2,1-2H3. The van der Waals surface area contributed by atoms with E-state index in [0.717, 1.165) is 26.1 Å². The molecule has 0 saturated heterocycles. The van der Waals surface area contributed by atoms with Gasteiger partial charge in [0.1, 0.15) is 0 Å². The molecule has 2 aromatic carbocycles. The summed E-state index contributed by atoms with van der Waals surface area (Å²) in [5.74, 6) is -0.0427. The fourth-order valence-electron chi connectivity index (χ4n) is 2.75. The first-order valence-corrected chi connectivity index (χ1v) is 9.63. The smallest absolute Gasteiger partial charge is 0.189 e. The summed E-state index contributed by atoms with van der Waals surface area (Å²) in [6.45, 7) is 1.12. The summed E-state index contributed by atoms with van der Waals surface area (Å²) >= 11 is 9.54. The van der Waals surface area contributed by atoms with Crippen LogP contribution in [0.2, 0.25) is 5.02 Å². The fourth-order valence-corrected chi connectivity index (χ4v) is 4.19. The first kappa shape index (κ1) is 15.9. The fraction of sp³-hybridized carbons (Fsp3) is 0.235. The lowest BCUT2D eigenvalue weighted by molar-refractivity contribution is 0.102. The maximum atomic E-state index is 12.7. The second-order valence-electron chi connectivity index (χ2n) is 4.96. The van der Waals surface area contributed by atoms with Crippen molar-refractivity contribution in [3.63, 3.8) is 0 Å². The van der Waals surface area contributed by atoms with Gasteiger partial charge < -0.3 is 4.74 Å². The van der Waals surface area contributed by atoms with E-state index in [0.29, 0.717) is 23.8 Å². The Balaban J connectivity index is 2.23. The second kappa shape index (κ2) is 6.67. The summed E-state index contributed by atoms with van der Waals surface area (Å²) in [4.78, 5) is 12.7. The van der Waals surface area contributed by atoms with Crippen molar-refractivity contribution in [3.05, 3.63) is 56.3 Å². The van der Waals surface area contributed by atoms with Gasteiger partial charge in [-0.2, -0.15) is 0 Å². The third kappa shape index (κ3) is 2.81. The number of ether oxygens (including phenoxy) is 1. The molecule has 0 radical (unpaired) electrons. The van der Waals surface area contributed by atoms with Gasteiger partial charge in [0.05, 0.1) is 18.2 Å². The molecule has 5 heteroatoms. The zero-order valence-corrected chi connectivity index (χ0v) is 14.7. The number of benzene rings is 2. The quantitative estimate of drug-likeness (QED) is 0.554. The third-order valence-corrected chi connectivity index (χ3v) is 6.03. The number of rotatable bonds is 4. The monoisotopic (exact) mass is 350 g/mol. The molecule has 1 aliphatic heterocycles. The summed E-state index contributed by atoms with van der Waals surface area (Å²) < 4.78 is 6.56. The van der Waals surface area contributed by atoms with Crippen molar-refractivity contribution in [2.75, 3.05) is 12.5 Å². The van der Waals surface area contributed by atoms with Crippen molar-refractivity contribution in [3.8, 4) is 0 Å². The van der Waals surface area contributed by atoms with E-state index in [4.69, 9.17) is 16.3 Å². The maximum absolute atomic E-state index is 12.7. The number of carbonyl (C=O) groups is 1. The first-order chi connectivity index (χ1) is 10.7. The Morgan fingerprint density at radius 3 is 2.68 bits per heavy atom. The average Bonchev–Trinajstić information content (AvgIpc) is 2.52. The second-order valence-corrected chi connectivity index (χ2v) is 7.32. The van der Waals surface area contributed by atoms with Crippen LogP contribution in [0.4, 0.5) is 0 Å². The van der Waals surface area contributed by atoms with Gasteiger partial charge in [-0.25, -0.2) is 0 Å². The van der Waals surface area contributed by atoms with Crippen LogP contribution < -0.4 is 0 Å². The van der Waals surface area contributed by atoms with Crippen molar-refractivity contribution < 1.29 is 9.53 Å². The highest BCUT2D eigenvalue weighted by Gasteiger charge is 2.20. The molecule has 2 aromatic rings. The summed E-state index contributed by atoms with van der Waals surface area (Å²) in [6, 6.07) is 7.83. The lowest BCUT2D eigenvalue weighted by Crippen LogP contribution is -2.07. The van der Waals surface area contributed by atoms with Gasteiger partial charge in [0.15, 0.2) is 5.78 Å². The normalized spacial score (nSPS) is 13.2. The highest BCUT2D eigenvalue weighted by atomic mass is 35.5. The number of hydrogen-bond donors (Lipinski definition) is 0. The molecule has 1 aliphatic rings. The van der Waals surface area contributed by atoms with Crippen LogP contribution in [0.1, 0.15) is 21.5 Å². The Morgan fingerprint density at radius 2 is 1.95 bits per heavy atom. The predicted molar refractivity (Wildman–Crippen MR) is 96.9 cm³/mol. The topological polar surface area (TPSA) is 26.3 Å². The van der Waals surface area contributed by atoms with Crippen LogP contribution in [0.25, 0.3) is 10.8 Å². The molecule has 114 valence electrons. The molecule has 1 heterocycles. The van der Waals surface area contributed by atoms with Crippen LogP contribution in [0.15, 0.2) is 34.6 Å². The van der Waals surface area contributed by atoms with Crippen molar-refractivity contribution in [2.24, 2.45) is 0 Å². The van der Waals surface area contributed by atoms with E-state index in [1.54, 1.807) is 29.6 Å². The molecular weight excluding hydrogens is 336 g/mol. The molecule has 0 amide bonds. The van der Waals surface area contributed by atoms with E-state index in [-0.39, 0.29) is 5.78 Å². The number of allylic oxidation sites excluding steroid dienone is 1. The largest absolute Gasteiger partial charge is 0.372 e. The molecule has 0 atom stereocenters. The molecule has 0 aromatic heterocycles. The first-order valence-electron chi connectivity index (χ1n) is 6.80. The Morgan fingerprint density at radius 1 is 1.23 bits per heavy atom. The lowest BCUT2D eigenvalue weighted by atomic mass is 9.93. The van der Waals surface area contributed by atoms with E-state index in [9.17, 15) is 4.79 Å². The van der Waals surface area contributed by atoms with E-state index >= 15 is 0 Å². The molecule has 22 heavy (non-hydrogen) atoms. The molecule has 0 unspecified atom stereocenters. The summed E-state index contributed by atoms with van der Waals surface area (Å²) in [5.41, 5.74) is 2.76. The molecule has 0 spiro atoms. The minimum atomic E-state index is -0.0427. The van der Waals surface area contributed by atoms with Gasteiger partial charge in [0.25, 0.3) is 0 Å². The van der Waals surface area contributed by atoms with Crippen molar-refractivity contribution >= 4 is 51.7 Å². The Hall–Kier alpha value is -0.940. The molecule has 0 N–H and O–H groups in total. The zero-order chi connectivity index (χ0) is 15.7. The van der Waals surface area contributed by atoms with E-state index in [1.165, 1.54) is 0 Å². The lowest BCUT2D eigenvalue weighted by Gasteiger charge is -2.20. The van der Waals surface area contributed by atoms with Gasteiger partial charge in [0.2, 0.25) is 0 Å². The minimum Gasteiger partial charge on any atom is -0.372 e. The number of ketones is 1. The van der Waals surface area contributed by atoms with Crippen LogP contribution in [0.5, 0.6) is 0 Å². The number of halogens is 1. The predicted octanol–water partition coefficient (Wildman–Crippen LogP) is 5.27. The summed E-state index contributed by atoms with van der Waals surface area (Å²) in [5, 5.41) is 2.53. The van der Waals surface area contributed by atoms with E-state index < -0.39 is 0 Å². The van der Waals surface area contributed by atoms with Gasteiger partial charge in [-0.1, -0.05) is 29.8 Å². The van der Waals surface area contributed by atoms with Gasteiger partial charge in [-0.15, -0.1) is 23.5 Å². The average molecular weight is 351 g/mol. The van der Waals surface area contributed by atoms with Crippen LogP contribution >= 0.6 is 35.1 Å². The van der Waals surface area contributed by atoms with Crippen LogP contribution in [-0.2, 0) is 18.0 Å². The van der Waals surface area contributed by atoms with Crippen LogP contribution in [0.3, 0.4) is 0 Å². The van der Waals surface area contributed by atoms with Gasteiger partial charge >= 0.3 is 0 Å². The van der Waals surface area contributed by atoms with E-state index in [2.05, 4.69) is 0 Å². The molecule has 0 bridgehead atoms. The van der Waals surface area contributed by atoms with E-state index in [1.807, 2.05) is 36.8 Å². The van der Waals surface area contributed by atoms with Crippen molar-refractivity contribution in [1.82, 2.24) is 0 Å². The summed E-state index contributed by atoms with van der Waals surface area (Å²) in [6.07, 6.45) is 5.60. The third-order valence-electron chi connectivity index (χ3n) is 3.69. The SMILES string of the molecule is CSC(=CC(=O)c1c(Cl)cc2c3c(cccc13)COC2)SC. The molecule has 3 rings (SSSR count). The van der Waals surface area contributed by atoms with Gasteiger partial charge in [0, 0.05) is 15.9 Å². The van der Waals surface area contributed by atoms with Crippen molar-refractivity contribution in [1.29, 1.82) is 0 Å². The Kier molecular flexibility index (Phi) is 4.83. The Bertz CT molecular complexity index is 778. The highest BCUT2D eigenvalue weighted by molar-refractivity contribution is 8.21. The number of thioether (sulfide) groups is 2. The van der Waals surface area contributed by atoms with Crippen molar-refractivity contribution in [2.45, 2.75) is 13.2 Å². The maximum Gasteiger partial charge on any atom is 0.189 e. The molecular formula is C17H15ClO2S2. The molecule has 2 nitrogen and oxygen atoms in total. The van der Waals surface area contributed by atoms with Crippen LogP contribution in [0, 0.1) is 0 Å². The minimum absolute atomic E-state index is 0.0427. The zero-order valence-electron chi connectivity index (χ0n) is 12.3. The summed E-state index contributed by atoms with van der Waals surface area (Å²) in [7, 11) is 0. The van der Waals surface area contributed by atoms with Gasteiger partial charge in [-0.05, 0) is 40.5 Å². The molecule has 0 aliphatic carbocycles.